The summed E-state index contributed by atoms with van der Waals surface area (Å²) in [7, 11) is 0. The number of aryl methyl sites for hydroxylation is 2. The van der Waals surface area contributed by atoms with Crippen LogP contribution in [0.25, 0.3) is 11.0 Å². The third kappa shape index (κ3) is 6.28. The third-order valence-corrected chi connectivity index (χ3v) is 5.04. The second kappa shape index (κ2) is 11.2. The summed E-state index contributed by atoms with van der Waals surface area (Å²) in [4.78, 5) is 10.9. The summed E-state index contributed by atoms with van der Waals surface area (Å²) in [5.74, 6) is 0.839. The Morgan fingerprint density at radius 3 is 2.48 bits per heavy atom. The van der Waals surface area contributed by atoms with Gasteiger partial charge in [-0.25, -0.2) is 4.39 Å². The summed E-state index contributed by atoms with van der Waals surface area (Å²) in [6, 6.07) is 8.45. The maximum Gasteiger partial charge on any atom is 0.303 e. The van der Waals surface area contributed by atoms with Crippen LogP contribution >= 0.6 is 0 Å². The molecule has 180 valence electrons. The molecular weight excluding hydrogens is 423 g/mol. The molecule has 0 fully saturated rings. The quantitative estimate of drug-likeness (QED) is 0.421. The SMILES string of the molecule is CC.CC.Cc1cc2c(OCc3cc(F)cc4c3OC(C)(C)C4)ccc(CCC(=O)O)c2o1. The fourth-order valence-corrected chi connectivity index (χ4v) is 3.85. The second-order valence-corrected chi connectivity index (χ2v) is 8.10. The van der Waals surface area contributed by atoms with Crippen molar-refractivity contribution in [2.75, 3.05) is 0 Å². The van der Waals surface area contributed by atoms with Crippen molar-refractivity contribution in [3.63, 3.8) is 0 Å². The van der Waals surface area contributed by atoms with Gasteiger partial charge in [-0.3, -0.25) is 4.79 Å². The van der Waals surface area contributed by atoms with Gasteiger partial charge < -0.3 is 19.0 Å². The highest BCUT2D eigenvalue weighted by Crippen LogP contribution is 2.39. The first-order valence-electron chi connectivity index (χ1n) is 11.6. The van der Waals surface area contributed by atoms with Gasteiger partial charge in [-0.05, 0) is 57.0 Å². The number of carboxylic acid groups (broad SMARTS) is 1. The average Bonchev–Trinajstić information content (AvgIpc) is 3.31. The minimum Gasteiger partial charge on any atom is -0.488 e. The topological polar surface area (TPSA) is 68.9 Å². The van der Waals surface area contributed by atoms with E-state index in [4.69, 9.17) is 19.0 Å². The van der Waals surface area contributed by atoms with Crippen LogP contribution in [0.4, 0.5) is 4.39 Å². The lowest BCUT2D eigenvalue weighted by molar-refractivity contribution is -0.136. The van der Waals surface area contributed by atoms with Crippen LogP contribution in [-0.2, 0) is 24.2 Å². The van der Waals surface area contributed by atoms with Gasteiger partial charge in [0.15, 0.2) is 0 Å². The molecule has 2 aromatic carbocycles. The molecule has 1 N–H and O–H groups in total. The number of aliphatic carboxylic acids is 1. The molecule has 0 spiro atoms. The van der Waals surface area contributed by atoms with E-state index in [2.05, 4.69) is 0 Å². The molecule has 4 rings (SSSR count). The molecule has 0 radical (unpaired) electrons. The molecule has 5 nitrogen and oxygen atoms in total. The first kappa shape index (κ1) is 26.2. The largest absolute Gasteiger partial charge is 0.488 e. The molecule has 1 aliphatic rings. The van der Waals surface area contributed by atoms with Crippen molar-refractivity contribution in [3.8, 4) is 11.5 Å². The van der Waals surface area contributed by atoms with E-state index in [9.17, 15) is 9.18 Å². The van der Waals surface area contributed by atoms with E-state index in [1.165, 1.54) is 12.1 Å². The van der Waals surface area contributed by atoms with Crippen molar-refractivity contribution in [1.82, 2.24) is 0 Å². The molecule has 0 amide bonds. The lowest BCUT2D eigenvalue weighted by Crippen LogP contribution is -2.25. The Labute approximate surface area is 195 Å². The Balaban J connectivity index is 0.000000914. The van der Waals surface area contributed by atoms with Crippen molar-refractivity contribution in [1.29, 1.82) is 0 Å². The van der Waals surface area contributed by atoms with E-state index < -0.39 is 5.97 Å². The molecular formula is C27H35FO5. The van der Waals surface area contributed by atoms with E-state index in [1.54, 1.807) is 6.07 Å². The third-order valence-electron chi connectivity index (χ3n) is 5.04. The van der Waals surface area contributed by atoms with Crippen LogP contribution in [-0.4, -0.2) is 16.7 Å². The van der Waals surface area contributed by atoms with Crippen LogP contribution in [0.15, 0.2) is 34.7 Å². The highest BCUT2D eigenvalue weighted by atomic mass is 19.1. The van der Waals surface area contributed by atoms with Gasteiger partial charge in [0.2, 0.25) is 0 Å². The van der Waals surface area contributed by atoms with Gasteiger partial charge in [0.25, 0.3) is 0 Å². The predicted octanol–water partition coefficient (Wildman–Crippen LogP) is 7.24. The van der Waals surface area contributed by atoms with Crippen molar-refractivity contribution < 1.29 is 28.2 Å². The number of furan rings is 1. The molecule has 3 aromatic rings. The van der Waals surface area contributed by atoms with Crippen LogP contribution < -0.4 is 9.47 Å². The number of hydrogen-bond donors (Lipinski definition) is 1. The first-order valence-corrected chi connectivity index (χ1v) is 11.6. The highest BCUT2D eigenvalue weighted by Gasteiger charge is 2.32. The van der Waals surface area contributed by atoms with Crippen LogP contribution in [0.2, 0.25) is 0 Å². The minimum absolute atomic E-state index is 0.0254. The van der Waals surface area contributed by atoms with Gasteiger partial charge in [-0.15, -0.1) is 0 Å². The molecule has 33 heavy (non-hydrogen) atoms. The Morgan fingerprint density at radius 1 is 1.12 bits per heavy atom. The molecule has 0 atom stereocenters. The van der Waals surface area contributed by atoms with Gasteiger partial charge in [-0.1, -0.05) is 33.8 Å². The van der Waals surface area contributed by atoms with Gasteiger partial charge in [0.05, 0.1) is 5.39 Å². The van der Waals surface area contributed by atoms with Crippen LogP contribution in [0.5, 0.6) is 11.5 Å². The molecule has 1 aliphatic heterocycles. The number of hydrogen-bond acceptors (Lipinski definition) is 4. The van der Waals surface area contributed by atoms with Crippen LogP contribution in [0.3, 0.4) is 0 Å². The normalized spacial score (nSPS) is 13.2. The van der Waals surface area contributed by atoms with Gasteiger partial charge in [-0.2, -0.15) is 0 Å². The maximum atomic E-state index is 14.1. The summed E-state index contributed by atoms with van der Waals surface area (Å²) in [6.07, 6.45) is 1.05. The lowest BCUT2D eigenvalue weighted by Gasteiger charge is -2.18. The number of fused-ring (bicyclic) bond motifs is 2. The van der Waals surface area contributed by atoms with Gasteiger partial charge >= 0.3 is 5.97 Å². The Kier molecular flexibility index (Phi) is 8.91. The van der Waals surface area contributed by atoms with Crippen molar-refractivity contribution in [2.45, 2.75) is 79.9 Å². The number of rotatable bonds is 6. The molecule has 6 heteroatoms. The Bertz CT molecular complexity index is 1100. The number of benzene rings is 2. The lowest BCUT2D eigenvalue weighted by atomic mass is 10.0. The highest BCUT2D eigenvalue weighted by molar-refractivity contribution is 5.87. The molecule has 0 saturated heterocycles. The minimum atomic E-state index is -0.857. The molecule has 1 aromatic heterocycles. The number of carbonyl (C=O) groups is 1. The van der Waals surface area contributed by atoms with E-state index in [0.29, 0.717) is 41.2 Å². The van der Waals surface area contributed by atoms with E-state index >= 15 is 0 Å². The van der Waals surface area contributed by atoms with Crippen molar-refractivity contribution >= 4 is 16.9 Å². The fourth-order valence-electron chi connectivity index (χ4n) is 3.85. The van der Waals surface area contributed by atoms with E-state index in [-0.39, 0.29) is 24.4 Å². The molecule has 0 saturated carbocycles. The fraction of sp³-hybridized carbons (Fsp3) is 0.444. The Hall–Kier alpha value is -3.02. The van der Waals surface area contributed by atoms with Gasteiger partial charge in [0, 0.05) is 24.0 Å². The summed E-state index contributed by atoms with van der Waals surface area (Å²) in [5, 5.41) is 9.73. The second-order valence-electron chi connectivity index (χ2n) is 8.10. The van der Waals surface area contributed by atoms with Gasteiger partial charge in [0.1, 0.15) is 40.9 Å². The zero-order chi connectivity index (χ0) is 24.8. The number of carboxylic acids is 1. The average molecular weight is 459 g/mol. The molecule has 0 unspecified atom stereocenters. The zero-order valence-corrected chi connectivity index (χ0v) is 20.7. The van der Waals surface area contributed by atoms with E-state index in [0.717, 1.165) is 16.5 Å². The molecule has 2 heterocycles. The zero-order valence-electron chi connectivity index (χ0n) is 20.7. The summed E-state index contributed by atoms with van der Waals surface area (Å²) in [6.45, 7) is 13.9. The number of halogens is 1. The van der Waals surface area contributed by atoms with Crippen LogP contribution in [0, 0.1) is 12.7 Å². The standard InChI is InChI=1S/C23H23FO5.2C2H6/c1-13-8-18-19(6-4-14(22(18)28-13)5-7-20(25)26)27-12-16-10-17(24)9-15-11-23(2,3)29-21(15)16;2*1-2/h4,6,8-10H,5,7,11-12H2,1-3H3,(H,25,26);2*1-2H3. The van der Waals surface area contributed by atoms with E-state index in [1.807, 2.05) is 60.6 Å². The monoisotopic (exact) mass is 458 g/mol. The molecule has 0 bridgehead atoms. The van der Waals surface area contributed by atoms with Crippen molar-refractivity contribution in [2.24, 2.45) is 0 Å². The predicted molar refractivity (Wildman–Crippen MR) is 129 cm³/mol. The smallest absolute Gasteiger partial charge is 0.303 e. The van der Waals surface area contributed by atoms with Crippen molar-refractivity contribution in [3.05, 3.63) is 58.6 Å². The van der Waals surface area contributed by atoms with Crippen LogP contribution in [0.1, 0.15) is 70.4 Å². The summed E-state index contributed by atoms with van der Waals surface area (Å²) < 4.78 is 31.9. The Morgan fingerprint density at radius 2 is 1.82 bits per heavy atom. The summed E-state index contributed by atoms with van der Waals surface area (Å²) >= 11 is 0. The molecule has 0 aliphatic carbocycles. The summed E-state index contributed by atoms with van der Waals surface area (Å²) in [5.41, 5.74) is 2.59. The maximum absolute atomic E-state index is 14.1. The first-order chi connectivity index (χ1) is 15.7. The number of ether oxygens (including phenoxy) is 2.